The molecule has 2 aromatic rings. The molecule has 0 unspecified atom stereocenters. The number of benzene rings is 2. The van der Waals surface area contributed by atoms with Crippen molar-refractivity contribution in [2.75, 3.05) is 0 Å². The van der Waals surface area contributed by atoms with Gasteiger partial charge in [-0.2, -0.15) is 0 Å². The number of ether oxygens (including phenoxy) is 1. The number of carbonyl (C=O) groups excluding carboxylic acids is 1. The van der Waals surface area contributed by atoms with Gasteiger partial charge in [-0.05, 0) is 43.5 Å². The molecule has 0 aliphatic carbocycles. The standard InChI is InChI=1S/C18H18F2O2/c1-11-4-6-14(7-5-11)10-22-17-13(3)8-12(2)9-15(17)16(21)18(19)20/h4-9,18H,10H2,1-3H3. The molecule has 0 aromatic heterocycles. The summed E-state index contributed by atoms with van der Waals surface area (Å²) in [4.78, 5) is 11.7. The molecule has 0 saturated carbocycles. The first-order valence-corrected chi connectivity index (χ1v) is 7.00. The van der Waals surface area contributed by atoms with Crippen molar-refractivity contribution >= 4 is 5.78 Å². The zero-order chi connectivity index (χ0) is 16.3. The Morgan fingerprint density at radius 2 is 1.68 bits per heavy atom. The summed E-state index contributed by atoms with van der Waals surface area (Å²) in [6.07, 6.45) is -3.04. The third-order valence-electron chi connectivity index (χ3n) is 3.39. The van der Waals surface area contributed by atoms with Crippen LogP contribution in [0.2, 0.25) is 0 Å². The molecule has 0 bridgehead atoms. The van der Waals surface area contributed by atoms with E-state index in [-0.39, 0.29) is 17.9 Å². The van der Waals surface area contributed by atoms with Crippen LogP contribution in [0.5, 0.6) is 5.75 Å². The molecule has 2 rings (SSSR count). The summed E-state index contributed by atoms with van der Waals surface area (Å²) in [6.45, 7) is 5.72. The van der Waals surface area contributed by atoms with Crippen molar-refractivity contribution in [3.8, 4) is 5.75 Å². The Kier molecular flexibility index (Phi) is 4.91. The van der Waals surface area contributed by atoms with E-state index in [4.69, 9.17) is 4.74 Å². The van der Waals surface area contributed by atoms with Gasteiger partial charge in [-0.25, -0.2) is 8.78 Å². The Hall–Kier alpha value is -2.23. The highest BCUT2D eigenvalue weighted by molar-refractivity contribution is 6.01. The second-order valence-electron chi connectivity index (χ2n) is 5.40. The van der Waals surface area contributed by atoms with Crippen LogP contribution in [0, 0.1) is 20.8 Å². The topological polar surface area (TPSA) is 26.3 Å². The molecule has 0 radical (unpaired) electrons. The van der Waals surface area contributed by atoms with Gasteiger partial charge in [0.2, 0.25) is 5.78 Å². The lowest BCUT2D eigenvalue weighted by molar-refractivity contribution is 0.0674. The maximum Gasteiger partial charge on any atom is 0.300 e. The van der Waals surface area contributed by atoms with E-state index < -0.39 is 12.2 Å². The van der Waals surface area contributed by atoms with Gasteiger partial charge in [0, 0.05) is 0 Å². The normalized spacial score (nSPS) is 10.8. The van der Waals surface area contributed by atoms with Crippen LogP contribution < -0.4 is 4.74 Å². The van der Waals surface area contributed by atoms with Crippen molar-refractivity contribution in [3.63, 3.8) is 0 Å². The van der Waals surface area contributed by atoms with Crippen molar-refractivity contribution in [2.24, 2.45) is 0 Å². The Morgan fingerprint density at radius 3 is 2.27 bits per heavy atom. The van der Waals surface area contributed by atoms with E-state index in [2.05, 4.69) is 0 Å². The van der Waals surface area contributed by atoms with Crippen molar-refractivity contribution in [1.29, 1.82) is 0 Å². The van der Waals surface area contributed by atoms with E-state index in [0.29, 0.717) is 5.56 Å². The zero-order valence-corrected chi connectivity index (χ0v) is 12.8. The van der Waals surface area contributed by atoms with Crippen LogP contribution in [0.25, 0.3) is 0 Å². The minimum Gasteiger partial charge on any atom is -0.488 e. The van der Waals surface area contributed by atoms with Crippen LogP contribution in [-0.4, -0.2) is 12.2 Å². The van der Waals surface area contributed by atoms with Gasteiger partial charge >= 0.3 is 6.43 Å². The summed E-state index contributed by atoms with van der Waals surface area (Å²) in [5, 5.41) is 0. The van der Waals surface area contributed by atoms with Crippen LogP contribution >= 0.6 is 0 Å². The van der Waals surface area contributed by atoms with Gasteiger partial charge in [-0.15, -0.1) is 0 Å². The summed E-state index contributed by atoms with van der Waals surface area (Å²) in [5.74, 6) is -0.970. The molecule has 0 amide bonds. The number of hydrogen-bond acceptors (Lipinski definition) is 2. The van der Waals surface area contributed by atoms with Gasteiger partial charge < -0.3 is 4.74 Å². The lowest BCUT2D eigenvalue weighted by Gasteiger charge is -2.15. The molecule has 0 fully saturated rings. The summed E-state index contributed by atoms with van der Waals surface area (Å²) < 4.78 is 31.2. The molecule has 0 heterocycles. The fourth-order valence-corrected chi connectivity index (χ4v) is 2.29. The molecule has 0 aliphatic rings. The number of alkyl halides is 2. The number of hydrogen-bond donors (Lipinski definition) is 0. The molecular formula is C18H18F2O2. The number of carbonyl (C=O) groups is 1. The lowest BCUT2D eigenvalue weighted by atomic mass is 10.0. The lowest BCUT2D eigenvalue weighted by Crippen LogP contribution is -2.13. The molecule has 0 N–H and O–H groups in total. The third kappa shape index (κ3) is 3.70. The quantitative estimate of drug-likeness (QED) is 0.752. The monoisotopic (exact) mass is 304 g/mol. The summed E-state index contributed by atoms with van der Waals surface area (Å²) in [5.41, 5.74) is 3.42. The maximum absolute atomic E-state index is 12.8. The summed E-state index contributed by atoms with van der Waals surface area (Å²) in [6, 6.07) is 11.0. The highest BCUT2D eigenvalue weighted by Gasteiger charge is 2.23. The Bertz CT molecular complexity index is 676. The average Bonchev–Trinajstić information content (AvgIpc) is 2.46. The molecule has 22 heavy (non-hydrogen) atoms. The van der Waals surface area contributed by atoms with Crippen molar-refractivity contribution in [3.05, 3.63) is 64.2 Å². The molecule has 2 nitrogen and oxygen atoms in total. The largest absolute Gasteiger partial charge is 0.488 e. The number of aryl methyl sites for hydroxylation is 3. The predicted octanol–water partition coefficient (Wildman–Crippen LogP) is 4.64. The first-order valence-electron chi connectivity index (χ1n) is 7.00. The summed E-state index contributed by atoms with van der Waals surface area (Å²) >= 11 is 0. The highest BCUT2D eigenvalue weighted by atomic mass is 19.3. The Morgan fingerprint density at radius 1 is 1.05 bits per heavy atom. The fourth-order valence-electron chi connectivity index (χ4n) is 2.29. The van der Waals surface area contributed by atoms with E-state index >= 15 is 0 Å². The van der Waals surface area contributed by atoms with Gasteiger partial charge in [0.15, 0.2) is 0 Å². The number of halogens is 2. The average molecular weight is 304 g/mol. The van der Waals surface area contributed by atoms with Crippen molar-refractivity contribution in [1.82, 2.24) is 0 Å². The number of Topliss-reactive ketones (excluding diaryl/α,β-unsaturated/α-hetero) is 1. The molecule has 0 spiro atoms. The van der Waals surface area contributed by atoms with E-state index in [1.807, 2.05) is 37.3 Å². The predicted molar refractivity (Wildman–Crippen MR) is 81.8 cm³/mol. The van der Waals surface area contributed by atoms with Crippen LogP contribution in [0.4, 0.5) is 8.78 Å². The van der Waals surface area contributed by atoms with Crippen molar-refractivity contribution in [2.45, 2.75) is 33.8 Å². The number of ketones is 1. The van der Waals surface area contributed by atoms with E-state index in [9.17, 15) is 13.6 Å². The van der Waals surface area contributed by atoms with Crippen LogP contribution in [0.15, 0.2) is 36.4 Å². The smallest absolute Gasteiger partial charge is 0.300 e. The minimum absolute atomic E-state index is 0.0559. The molecule has 0 aliphatic heterocycles. The maximum atomic E-state index is 12.8. The third-order valence-corrected chi connectivity index (χ3v) is 3.39. The first-order chi connectivity index (χ1) is 10.4. The van der Waals surface area contributed by atoms with Gasteiger partial charge in [0.25, 0.3) is 0 Å². The van der Waals surface area contributed by atoms with Gasteiger partial charge in [0.05, 0.1) is 5.56 Å². The van der Waals surface area contributed by atoms with Gasteiger partial charge in [-0.1, -0.05) is 35.9 Å². The molecule has 116 valence electrons. The summed E-state index contributed by atoms with van der Waals surface area (Å²) in [7, 11) is 0. The van der Waals surface area contributed by atoms with Gasteiger partial charge in [-0.3, -0.25) is 4.79 Å². The fraction of sp³-hybridized carbons (Fsp3) is 0.278. The van der Waals surface area contributed by atoms with Crippen LogP contribution in [-0.2, 0) is 6.61 Å². The molecule has 0 atom stereocenters. The SMILES string of the molecule is Cc1ccc(COc2c(C)cc(C)cc2C(=O)C(F)F)cc1. The molecular weight excluding hydrogens is 286 g/mol. The minimum atomic E-state index is -3.04. The van der Waals surface area contributed by atoms with E-state index in [1.165, 1.54) is 6.07 Å². The molecule has 2 aromatic carbocycles. The highest BCUT2D eigenvalue weighted by Crippen LogP contribution is 2.28. The Labute approximate surface area is 128 Å². The van der Waals surface area contributed by atoms with Gasteiger partial charge in [0.1, 0.15) is 12.4 Å². The van der Waals surface area contributed by atoms with Crippen LogP contribution in [0.1, 0.15) is 32.6 Å². The zero-order valence-electron chi connectivity index (χ0n) is 12.8. The Balaban J connectivity index is 2.29. The van der Waals surface area contributed by atoms with Crippen LogP contribution in [0.3, 0.4) is 0 Å². The van der Waals surface area contributed by atoms with Crippen molar-refractivity contribution < 1.29 is 18.3 Å². The van der Waals surface area contributed by atoms with E-state index in [1.54, 1.807) is 13.8 Å². The molecule has 0 saturated heterocycles. The second kappa shape index (κ2) is 6.69. The number of rotatable bonds is 5. The second-order valence-corrected chi connectivity index (χ2v) is 5.40. The van der Waals surface area contributed by atoms with E-state index in [0.717, 1.165) is 16.7 Å². The molecule has 4 heteroatoms. The first kappa shape index (κ1) is 16.1.